The summed E-state index contributed by atoms with van der Waals surface area (Å²) in [5, 5.41) is 3.00. The zero-order valence-corrected chi connectivity index (χ0v) is 12.8. The summed E-state index contributed by atoms with van der Waals surface area (Å²) in [6.45, 7) is 1.66. The van der Waals surface area contributed by atoms with E-state index in [0.717, 1.165) is 25.7 Å². The Balaban J connectivity index is 1.88. The Kier molecular flexibility index (Phi) is 4.42. The minimum atomic E-state index is -1.38. The van der Waals surface area contributed by atoms with Crippen molar-refractivity contribution in [3.05, 3.63) is 29.6 Å². The average molecular weight is 324 g/mol. The van der Waals surface area contributed by atoms with Gasteiger partial charge in [0.2, 0.25) is 11.4 Å². The molecule has 0 spiro atoms. The summed E-state index contributed by atoms with van der Waals surface area (Å²) in [6, 6.07) is 3.11. The fourth-order valence-electron chi connectivity index (χ4n) is 2.99. The van der Waals surface area contributed by atoms with Gasteiger partial charge >= 0.3 is 0 Å². The molecule has 1 aliphatic carbocycles. The number of carbonyl (C=O) groups is 1. The van der Waals surface area contributed by atoms with Gasteiger partial charge in [-0.15, -0.1) is 0 Å². The van der Waals surface area contributed by atoms with Gasteiger partial charge in [0.05, 0.1) is 5.56 Å². The van der Waals surface area contributed by atoms with Crippen LogP contribution < -0.4 is 10.2 Å². The highest BCUT2D eigenvalue weighted by atomic mass is 19.4. The predicted molar refractivity (Wildman–Crippen MR) is 79.0 cm³/mol. The van der Waals surface area contributed by atoms with E-state index in [4.69, 9.17) is 0 Å². The molecule has 2 aromatic rings. The second-order valence-electron chi connectivity index (χ2n) is 5.76. The van der Waals surface area contributed by atoms with E-state index in [9.17, 15) is 13.8 Å². The number of nitrogens with one attached hydrogen (secondary N) is 1. The number of amides is 1. The van der Waals surface area contributed by atoms with E-state index in [0.29, 0.717) is 16.9 Å². The number of carbonyl (C=O) groups excluding carboxylic acids is 1. The minimum absolute atomic E-state index is 0.103. The van der Waals surface area contributed by atoms with E-state index < -0.39 is 5.51 Å². The summed E-state index contributed by atoms with van der Waals surface area (Å²) < 4.78 is 26.0. The zero-order chi connectivity index (χ0) is 16.4. The lowest BCUT2D eigenvalue weighted by Gasteiger charge is -2.22. The van der Waals surface area contributed by atoms with Crippen LogP contribution in [0.3, 0.4) is 0 Å². The molecule has 1 N–H and O–H groups in total. The number of nitrogens with zero attached hydrogens (tertiary/aromatic N) is 3. The Labute approximate surface area is 131 Å². The van der Waals surface area contributed by atoms with Crippen molar-refractivity contribution in [1.29, 1.82) is 0 Å². The third-order valence-corrected chi connectivity index (χ3v) is 4.06. The van der Waals surface area contributed by atoms with Gasteiger partial charge in [-0.2, -0.15) is 0 Å². The van der Waals surface area contributed by atoms with Crippen LogP contribution in [0.2, 0.25) is 0 Å². The summed E-state index contributed by atoms with van der Waals surface area (Å²) in [4.78, 5) is 21.1. The van der Waals surface area contributed by atoms with Gasteiger partial charge in [0.15, 0.2) is 5.65 Å². The van der Waals surface area contributed by atoms with Crippen LogP contribution in [-0.2, 0) is 0 Å². The highest BCUT2D eigenvalue weighted by Crippen LogP contribution is 2.22. The van der Waals surface area contributed by atoms with Crippen LogP contribution in [0.1, 0.15) is 48.2 Å². The Morgan fingerprint density at radius 3 is 2.83 bits per heavy atom. The number of hydrogen-bond donors (Lipinski definition) is 1. The second-order valence-corrected chi connectivity index (χ2v) is 5.76. The molecule has 0 aromatic carbocycles. The van der Waals surface area contributed by atoms with Crippen LogP contribution in [0.25, 0.3) is 5.65 Å². The molecule has 2 aromatic heterocycles. The summed E-state index contributed by atoms with van der Waals surface area (Å²) in [5.74, 6) is -0.338. The van der Waals surface area contributed by atoms with Crippen molar-refractivity contribution in [3.63, 3.8) is 0 Å². The van der Waals surface area contributed by atoms with Crippen LogP contribution in [0.5, 0.6) is 5.88 Å². The number of aromatic nitrogens is 2. The Bertz CT molecular complexity index is 711. The summed E-state index contributed by atoms with van der Waals surface area (Å²) in [7, 11) is 0. The number of rotatable bonds is 4. The quantitative estimate of drug-likeness (QED) is 0.694. The molecular formula is C15H18F2N4O2. The molecule has 23 heavy (non-hydrogen) atoms. The molecule has 0 unspecified atom stereocenters. The molecule has 0 atom stereocenters. The van der Waals surface area contributed by atoms with Crippen molar-refractivity contribution in [1.82, 2.24) is 20.2 Å². The van der Waals surface area contributed by atoms with Gasteiger partial charge in [-0.3, -0.25) is 9.20 Å². The molecule has 1 amide bonds. The van der Waals surface area contributed by atoms with Gasteiger partial charge in [-0.05, 0) is 25.8 Å². The standard InChI is InChI=1S/C15H18F2N4O2/c1-10-9-13(23-21(16)17)20-8-7-12(14(20)18-10)15(22)19-11-5-3-2-4-6-11/h7-9,11H,2-6H2,1H3,(H,19,22). The molecule has 0 bridgehead atoms. The van der Waals surface area contributed by atoms with E-state index in [1.54, 1.807) is 13.0 Å². The fraction of sp³-hybridized carbons (Fsp3) is 0.467. The Morgan fingerprint density at radius 1 is 1.39 bits per heavy atom. The van der Waals surface area contributed by atoms with Crippen molar-refractivity contribution in [2.24, 2.45) is 0 Å². The lowest BCUT2D eigenvalue weighted by Crippen LogP contribution is -2.36. The molecule has 3 rings (SSSR count). The first-order chi connectivity index (χ1) is 11.0. The number of aryl methyl sites for hydroxylation is 1. The van der Waals surface area contributed by atoms with E-state index in [1.165, 1.54) is 23.1 Å². The summed E-state index contributed by atoms with van der Waals surface area (Å²) in [6.07, 6.45) is 6.86. The number of hydrogen-bond acceptors (Lipinski definition) is 4. The lowest BCUT2D eigenvalue weighted by molar-refractivity contribution is -0.339. The third kappa shape index (κ3) is 3.42. The van der Waals surface area contributed by atoms with E-state index in [1.807, 2.05) is 0 Å². The van der Waals surface area contributed by atoms with E-state index in [-0.39, 0.29) is 17.8 Å². The molecule has 1 aliphatic rings. The van der Waals surface area contributed by atoms with Crippen molar-refractivity contribution in [2.45, 2.75) is 45.1 Å². The maximum Gasteiger partial charge on any atom is 0.255 e. The highest BCUT2D eigenvalue weighted by molar-refractivity contribution is 6.00. The van der Waals surface area contributed by atoms with Gasteiger partial charge < -0.3 is 10.2 Å². The number of fused-ring (bicyclic) bond motifs is 1. The van der Waals surface area contributed by atoms with Crippen molar-refractivity contribution in [2.75, 3.05) is 0 Å². The smallest absolute Gasteiger partial charge is 0.255 e. The highest BCUT2D eigenvalue weighted by Gasteiger charge is 2.21. The second kappa shape index (κ2) is 6.49. The SMILES string of the molecule is Cc1cc(ON(F)F)n2ccc(C(=O)NC3CCCCC3)c2n1. The maximum absolute atomic E-state index is 12.5. The topological polar surface area (TPSA) is 58.9 Å². The molecule has 1 fully saturated rings. The lowest BCUT2D eigenvalue weighted by atomic mass is 9.95. The first-order valence-corrected chi connectivity index (χ1v) is 7.64. The molecule has 6 nitrogen and oxygen atoms in total. The maximum atomic E-state index is 12.5. The number of halogens is 2. The van der Waals surface area contributed by atoms with Gasteiger partial charge in [-0.25, -0.2) is 4.98 Å². The predicted octanol–water partition coefficient (Wildman–Crippen LogP) is 3.07. The fourth-order valence-corrected chi connectivity index (χ4v) is 2.99. The monoisotopic (exact) mass is 324 g/mol. The normalized spacial score (nSPS) is 16.0. The van der Waals surface area contributed by atoms with E-state index in [2.05, 4.69) is 15.1 Å². The molecule has 124 valence electrons. The van der Waals surface area contributed by atoms with Crippen LogP contribution in [0.4, 0.5) is 8.96 Å². The van der Waals surface area contributed by atoms with Crippen LogP contribution in [-0.4, -0.2) is 26.8 Å². The molecule has 0 aliphatic heterocycles. The first kappa shape index (κ1) is 15.7. The van der Waals surface area contributed by atoms with E-state index >= 15 is 0 Å². The van der Waals surface area contributed by atoms with Gasteiger partial charge in [0.1, 0.15) is 0 Å². The third-order valence-electron chi connectivity index (χ3n) is 4.06. The molecule has 8 heteroatoms. The summed E-state index contributed by atoms with van der Waals surface area (Å²) >= 11 is 0. The van der Waals surface area contributed by atoms with Crippen molar-refractivity contribution < 1.29 is 18.6 Å². The Hall–Kier alpha value is -2.22. The molecular weight excluding hydrogens is 306 g/mol. The molecule has 0 radical (unpaired) electrons. The van der Waals surface area contributed by atoms with Gasteiger partial charge in [0.25, 0.3) is 5.91 Å². The minimum Gasteiger partial charge on any atom is -0.349 e. The Morgan fingerprint density at radius 2 is 2.13 bits per heavy atom. The van der Waals surface area contributed by atoms with Gasteiger partial charge in [0, 0.05) is 24.0 Å². The van der Waals surface area contributed by atoms with Crippen molar-refractivity contribution >= 4 is 11.6 Å². The zero-order valence-electron chi connectivity index (χ0n) is 12.8. The average Bonchev–Trinajstić information content (AvgIpc) is 2.91. The summed E-state index contributed by atoms with van der Waals surface area (Å²) in [5.41, 5.74) is -0.237. The molecule has 1 saturated carbocycles. The molecule has 0 saturated heterocycles. The van der Waals surface area contributed by atoms with Crippen LogP contribution in [0.15, 0.2) is 18.3 Å². The molecule has 2 heterocycles. The first-order valence-electron chi connectivity index (χ1n) is 7.64. The van der Waals surface area contributed by atoms with Crippen LogP contribution >= 0.6 is 0 Å². The van der Waals surface area contributed by atoms with Crippen molar-refractivity contribution in [3.8, 4) is 5.88 Å². The van der Waals surface area contributed by atoms with Gasteiger partial charge in [-0.1, -0.05) is 28.2 Å². The van der Waals surface area contributed by atoms with Crippen LogP contribution in [0, 0.1) is 6.92 Å². The largest absolute Gasteiger partial charge is 0.349 e.